The van der Waals surface area contributed by atoms with Gasteiger partial charge in [-0.15, -0.1) is 0 Å². The van der Waals surface area contributed by atoms with Crippen LogP contribution in [0.2, 0.25) is 5.02 Å². The summed E-state index contributed by atoms with van der Waals surface area (Å²) in [7, 11) is 1.36. The molecule has 23 heavy (non-hydrogen) atoms. The van der Waals surface area contributed by atoms with Crippen LogP contribution in [0.3, 0.4) is 0 Å². The molecular weight excluding hydrogens is 310 g/mol. The summed E-state index contributed by atoms with van der Waals surface area (Å²) in [4.78, 5) is 16.0. The number of methoxy groups -OCH3 is 1. The lowest BCUT2D eigenvalue weighted by molar-refractivity contribution is 0.0600. The molecule has 0 radical (unpaired) electrons. The molecule has 3 rings (SSSR count). The van der Waals surface area contributed by atoms with Gasteiger partial charge in [-0.25, -0.2) is 4.79 Å². The Kier molecular flexibility index (Phi) is 4.40. The molecule has 0 atom stereocenters. The number of aromatic nitrogens is 1. The predicted octanol–water partition coefficient (Wildman–Crippen LogP) is 4.86. The molecule has 3 nitrogen and oxygen atoms in total. The van der Waals surface area contributed by atoms with E-state index in [1.54, 1.807) is 18.3 Å². The summed E-state index contributed by atoms with van der Waals surface area (Å²) < 4.78 is 4.75. The Labute approximate surface area is 139 Å². The van der Waals surface area contributed by atoms with Gasteiger partial charge in [0.05, 0.1) is 18.4 Å². The average molecular weight is 324 g/mol. The van der Waals surface area contributed by atoms with E-state index >= 15 is 0 Å². The average Bonchev–Trinajstić information content (AvgIpc) is 2.61. The molecule has 0 amide bonds. The van der Waals surface area contributed by atoms with Crippen molar-refractivity contribution in [2.75, 3.05) is 7.11 Å². The summed E-state index contributed by atoms with van der Waals surface area (Å²) in [5.41, 5.74) is 4.05. The Bertz CT molecular complexity index is 861. The van der Waals surface area contributed by atoms with E-state index < -0.39 is 0 Å². The molecular formula is C19H14ClNO2. The summed E-state index contributed by atoms with van der Waals surface area (Å²) in [5.74, 6) is -0.379. The fourth-order valence-corrected chi connectivity index (χ4v) is 2.62. The van der Waals surface area contributed by atoms with Gasteiger partial charge < -0.3 is 4.74 Å². The molecule has 0 spiro atoms. The third-order valence-corrected chi connectivity index (χ3v) is 3.85. The van der Waals surface area contributed by atoms with Crippen molar-refractivity contribution in [3.05, 3.63) is 77.4 Å². The molecule has 0 saturated carbocycles. The lowest BCUT2D eigenvalue weighted by atomic mass is 10.0. The molecule has 1 heterocycles. The number of hydrogen-bond donors (Lipinski definition) is 0. The van der Waals surface area contributed by atoms with E-state index in [0.717, 1.165) is 16.7 Å². The maximum Gasteiger partial charge on any atom is 0.337 e. The molecule has 0 unspecified atom stereocenters. The number of halogens is 1. The molecule has 114 valence electrons. The first-order valence-electron chi connectivity index (χ1n) is 7.09. The standard InChI is InChI=1S/C19H14ClNO2/c1-23-19(22)15-9-10-21-18(12-15)14-6-4-5-13(11-14)16-7-2-3-8-17(16)20/h2-12H,1H3. The smallest absolute Gasteiger partial charge is 0.337 e. The van der Waals surface area contributed by atoms with E-state index in [1.165, 1.54) is 7.11 Å². The van der Waals surface area contributed by atoms with Gasteiger partial charge in [0.1, 0.15) is 0 Å². The Hall–Kier alpha value is -2.65. The minimum atomic E-state index is -0.379. The van der Waals surface area contributed by atoms with Crippen molar-refractivity contribution in [2.24, 2.45) is 0 Å². The van der Waals surface area contributed by atoms with E-state index in [2.05, 4.69) is 4.98 Å². The van der Waals surface area contributed by atoms with Gasteiger partial charge in [-0.2, -0.15) is 0 Å². The quantitative estimate of drug-likeness (QED) is 0.646. The largest absolute Gasteiger partial charge is 0.465 e. The first-order chi connectivity index (χ1) is 11.2. The molecule has 4 heteroatoms. The first-order valence-corrected chi connectivity index (χ1v) is 7.46. The molecule has 0 bridgehead atoms. The molecule has 0 aliphatic rings. The van der Waals surface area contributed by atoms with Crippen molar-refractivity contribution in [1.82, 2.24) is 4.98 Å². The highest BCUT2D eigenvalue weighted by atomic mass is 35.5. The van der Waals surface area contributed by atoms with Gasteiger partial charge in [0.2, 0.25) is 0 Å². The van der Waals surface area contributed by atoms with Crippen LogP contribution in [0.25, 0.3) is 22.4 Å². The van der Waals surface area contributed by atoms with Crippen LogP contribution >= 0.6 is 11.6 Å². The highest BCUT2D eigenvalue weighted by Crippen LogP contribution is 2.30. The van der Waals surface area contributed by atoms with Gasteiger partial charge in [0, 0.05) is 22.3 Å². The Morgan fingerprint density at radius 3 is 2.57 bits per heavy atom. The molecule has 0 aliphatic heterocycles. The van der Waals surface area contributed by atoms with E-state index in [1.807, 2.05) is 48.5 Å². The number of benzene rings is 2. The van der Waals surface area contributed by atoms with E-state index in [0.29, 0.717) is 16.3 Å². The van der Waals surface area contributed by atoms with Crippen LogP contribution < -0.4 is 0 Å². The predicted molar refractivity (Wildman–Crippen MR) is 91.5 cm³/mol. The second-order valence-electron chi connectivity index (χ2n) is 4.98. The summed E-state index contributed by atoms with van der Waals surface area (Å²) in [6.45, 7) is 0. The van der Waals surface area contributed by atoms with Crippen molar-refractivity contribution in [2.45, 2.75) is 0 Å². The van der Waals surface area contributed by atoms with E-state index in [-0.39, 0.29) is 5.97 Å². The number of nitrogens with zero attached hydrogens (tertiary/aromatic N) is 1. The molecule has 0 saturated heterocycles. The number of carbonyl (C=O) groups is 1. The number of hydrogen-bond acceptors (Lipinski definition) is 3. The summed E-state index contributed by atoms with van der Waals surface area (Å²) >= 11 is 6.27. The van der Waals surface area contributed by atoms with Crippen LogP contribution in [0, 0.1) is 0 Å². The minimum absolute atomic E-state index is 0.379. The molecule has 2 aromatic carbocycles. The molecule has 0 fully saturated rings. The van der Waals surface area contributed by atoms with Crippen LogP contribution in [0.1, 0.15) is 10.4 Å². The Morgan fingerprint density at radius 2 is 1.78 bits per heavy atom. The van der Waals surface area contributed by atoms with E-state index in [4.69, 9.17) is 16.3 Å². The Morgan fingerprint density at radius 1 is 1.00 bits per heavy atom. The van der Waals surface area contributed by atoms with Crippen molar-refractivity contribution in [3.63, 3.8) is 0 Å². The van der Waals surface area contributed by atoms with Gasteiger partial charge in [-0.05, 0) is 29.8 Å². The summed E-state index contributed by atoms with van der Waals surface area (Å²) in [6, 6.07) is 18.9. The highest BCUT2D eigenvalue weighted by Gasteiger charge is 2.09. The van der Waals surface area contributed by atoms with Crippen molar-refractivity contribution < 1.29 is 9.53 Å². The maximum absolute atomic E-state index is 11.7. The molecule has 0 aliphatic carbocycles. The third-order valence-electron chi connectivity index (χ3n) is 3.52. The highest BCUT2D eigenvalue weighted by molar-refractivity contribution is 6.33. The Balaban J connectivity index is 2.04. The number of ether oxygens (including phenoxy) is 1. The van der Waals surface area contributed by atoms with Crippen LogP contribution in [0.5, 0.6) is 0 Å². The number of pyridine rings is 1. The van der Waals surface area contributed by atoms with Crippen LogP contribution in [0.15, 0.2) is 66.9 Å². The van der Waals surface area contributed by atoms with Gasteiger partial charge in [0.15, 0.2) is 0 Å². The number of rotatable bonds is 3. The topological polar surface area (TPSA) is 39.2 Å². The lowest BCUT2D eigenvalue weighted by Gasteiger charge is -2.08. The van der Waals surface area contributed by atoms with Gasteiger partial charge in [0.25, 0.3) is 0 Å². The second kappa shape index (κ2) is 6.63. The molecule has 1 aromatic heterocycles. The lowest BCUT2D eigenvalue weighted by Crippen LogP contribution is -2.01. The van der Waals surface area contributed by atoms with Crippen LogP contribution in [0.4, 0.5) is 0 Å². The maximum atomic E-state index is 11.7. The number of carbonyl (C=O) groups excluding carboxylic acids is 1. The van der Waals surface area contributed by atoms with Crippen LogP contribution in [-0.2, 0) is 4.74 Å². The SMILES string of the molecule is COC(=O)c1ccnc(-c2cccc(-c3ccccc3Cl)c2)c1. The second-order valence-corrected chi connectivity index (χ2v) is 5.39. The van der Waals surface area contributed by atoms with E-state index in [9.17, 15) is 4.79 Å². The molecule has 0 N–H and O–H groups in total. The fourth-order valence-electron chi connectivity index (χ4n) is 2.37. The van der Waals surface area contributed by atoms with Gasteiger partial charge in [-0.3, -0.25) is 4.98 Å². The van der Waals surface area contributed by atoms with Gasteiger partial charge >= 0.3 is 5.97 Å². The fraction of sp³-hybridized carbons (Fsp3) is 0.0526. The monoisotopic (exact) mass is 323 g/mol. The molecule has 3 aromatic rings. The van der Waals surface area contributed by atoms with Crippen molar-refractivity contribution in [1.29, 1.82) is 0 Å². The zero-order valence-electron chi connectivity index (χ0n) is 12.5. The van der Waals surface area contributed by atoms with Crippen molar-refractivity contribution in [3.8, 4) is 22.4 Å². The zero-order chi connectivity index (χ0) is 16.2. The first kappa shape index (κ1) is 15.3. The van der Waals surface area contributed by atoms with Crippen LogP contribution in [-0.4, -0.2) is 18.1 Å². The van der Waals surface area contributed by atoms with Crippen molar-refractivity contribution >= 4 is 17.6 Å². The summed E-state index contributed by atoms with van der Waals surface area (Å²) in [6.07, 6.45) is 1.60. The normalized spacial score (nSPS) is 10.3. The summed E-state index contributed by atoms with van der Waals surface area (Å²) in [5, 5.41) is 0.695. The minimum Gasteiger partial charge on any atom is -0.465 e. The zero-order valence-corrected chi connectivity index (χ0v) is 13.2. The number of esters is 1. The third kappa shape index (κ3) is 3.25. The van der Waals surface area contributed by atoms with Gasteiger partial charge in [-0.1, -0.05) is 48.0 Å².